The number of carbonyl (C=O) groups excluding carboxylic acids is 1. The number of nitrogens with one attached hydrogen (secondary N) is 1. The first kappa shape index (κ1) is 15.0. The molecule has 0 fully saturated rings. The molecule has 0 radical (unpaired) electrons. The normalized spacial score (nSPS) is 12.3. The van der Waals surface area contributed by atoms with E-state index in [2.05, 4.69) is 31.1 Å². The average Bonchev–Trinajstić information content (AvgIpc) is 2.13. The lowest BCUT2D eigenvalue weighted by Gasteiger charge is -2.33. The van der Waals surface area contributed by atoms with Crippen LogP contribution in [0.2, 0.25) is 5.15 Å². The number of halogens is 1. The molecule has 1 aromatic rings. The van der Waals surface area contributed by atoms with Crippen LogP contribution in [0.1, 0.15) is 51.4 Å². The standard InChI is InChI=1S/C14H21ClN2O/c1-13(2,3)9-14(4,5)17-12(18)10-6-7-11(15)16-8-10/h6-8H,9H2,1-5H3,(H,17,18). The fourth-order valence-corrected chi connectivity index (χ4v) is 2.37. The molecular formula is C14H21ClN2O. The summed E-state index contributed by atoms with van der Waals surface area (Å²) in [5, 5.41) is 3.42. The zero-order valence-electron chi connectivity index (χ0n) is 11.7. The highest BCUT2D eigenvalue weighted by Crippen LogP contribution is 2.27. The number of pyridine rings is 1. The number of hydrogen-bond donors (Lipinski definition) is 1. The molecule has 0 aliphatic heterocycles. The number of amides is 1. The number of carbonyl (C=O) groups is 1. The highest BCUT2D eigenvalue weighted by atomic mass is 35.5. The van der Waals surface area contributed by atoms with Gasteiger partial charge >= 0.3 is 0 Å². The molecular weight excluding hydrogens is 248 g/mol. The Morgan fingerprint density at radius 3 is 2.33 bits per heavy atom. The van der Waals surface area contributed by atoms with E-state index >= 15 is 0 Å². The fraction of sp³-hybridized carbons (Fsp3) is 0.571. The molecule has 1 aromatic heterocycles. The molecule has 4 heteroatoms. The molecule has 0 spiro atoms. The van der Waals surface area contributed by atoms with Gasteiger partial charge < -0.3 is 5.32 Å². The summed E-state index contributed by atoms with van der Waals surface area (Å²) in [7, 11) is 0. The highest BCUT2D eigenvalue weighted by molar-refractivity contribution is 6.29. The van der Waals surface area contributed by atoms with E-state index in [1.807, 2.05) is 13.8 Å². The summed E-state index contributed by atoms with van der Waals surface area (Å²) >= 11 is 5.69. The second-order valence-corrected chi connectivity index (χ2v) is 6.83. The summed E-state index contributed by atoms with van der Waals surface area (Å²) in [5.74, 6) is -0.117. The van der Waals surface area contributed by atoms with E-state index in [9.17, 15) is 4.79 Å². The Balaban J connectivity index is 2.72. The van der Waals surface area contributed by atoms with Gasteiger partial charge in [-0.2, -0.15) is 0 Å². The van der Waals surface area contributed by atoms with E-state index in [1.54, 1.807) is 12.1 Å². The monoisotopic (exact) mass is 268 g/mol. The van der Waals surface area contributed by atoms with E-state index in [0.717, 1.165) is 6.42 Å². The maximum absolute atomic E-state index is 12.1. The molecule has 0 saturated carbocycles. The van der Waals surface area contributed by atoms with Gasteiger partial charge in [-0.05, 0) is 37.8 Å². The van der Waals surface area contributed by atoms with Crippen LogP contribution in [0.5, 0.6) is 0 Å². The minimum absolute atomic E-state index is 0.117. The predicted octanol–water partition coefficient (Wildman–Crippen LogP) is 3.68. The van der Waals surface area contributed by atoms with Crippen molar-refractivity contribution in [1.29, 1.82) is 0 Å². The van der Waals surface area contributed by atoms with Gasteiger partial charge in [0, 0.05) is 11.7 Å². The summed E-state index contributed by atoms with van der Waals surface area (Å²) in [6.45, 7) is 10.5. The molecule has 3 nitrogen and oxygen atoms in total. The molecule has 0 bridgehead atoms. The van der Waals surface area contributed by atoms with Crippen LogP contribution in [0.25, 0.3) is 0 Å². The second-order valence-electron chi connectivity index (χ2n) is 6.45. The topological polar surface area (TPSA) is 42.0 Å². The van der Waals surface area contributed by atoms with E-state index in [-0.39, 0.29) is 16.9 Å². The molecule has 100 valence electrons. The Hall–Kier alpha value is -1.09. The number of hydrogen-bond acceptors (Lipinski definition) is 2. The minimum Gasteiger partial charge on any atom is -0.347 e. The summed E-state index contributed by atoms with van der Waals surface area (Å²) in [5.41, 5.74) is 0.436. The molecule has 1 amide bonds. The van der Waals surface area contributed by atoms with Crippen molar-refractivity contribution in [2.45, 2.75) is 46.6 Å². The van der Waals surface area contributed by atoms with Crippen molar-refractivity contribution in [2.24, 2.45) is 5.41 Å². The van der Waals surface area contributed by atoms with Gasteiger partial charge in [0.25, 0.3) is 5.91 Å². The van der Waals surface area contributed by atoms with Crippen LogP contribution < -0.4 is 5.32 Å². The molecule has 1 heterocycles. The van der Waals surface area contributed by atoms with Gasteiger partial charge in [-0.1, -0.05) is 32.4 Å². The lowest BCUT2D eigenvalue weighted by molar-refractivity contribution is 0.0891. The number of aromatic nitrogens is 1. The van der Waals surface area contributed by atoms with Crippen molar-refractivity contribution in [3.05, 3.63) is 29.0 Å². The molecule has 0 aromatic carbocycles. The van der Waals surface area contributed by atoms with E-state index in [1.165, 1.54) is 6.20 Å². The quantitative estimate of drug-likeness (QED) is 0.850. The summed E-state index contributed by atoms with van der Waals surface area (Å²) in [4.78, 5) is 16.0. The highest BCUT2D eigenvalue weighted by Gasteiger charge is 2.27. The molecule has 1 N–H and O–H groups in total. The third kappa shape index (κ3) is 5.05. The van der Waals surface area contributed by atoms with Gasteiger partial charge in [-0.25, -0.2) is 4.98 Å². The molecule has 0 atom stereocenters. The lowest BCUT2D eigenvalue weighted by Crippen LogP contribution is -2.45. The van der Waals surface area contributed by atoms with Gasteiger partial charge in [-0.3, -0.25) is 4.79 Å². The van der Waals surface area contributed by atoms with Crippen molar-refractivity contribution in [3.63, 3.8) is 0 Å². The first-order valence-corrected chi connectivity index (χ1v) is 6.41. The molecule has 18 heavy (non-hydrogen) atoms. The van der Waals surface area contributed by atoms with Gasteiger partial charge in [0.2, 0.25) is 0 Å². The Kier molecular flexibility index (Phi) is 4.38. The van der Waals surface area contributed by atoms with Crippen molar-refractivity contribution in [2.75, 3.05) is 0 Å². The smallest absolute Gasteiger partial charge is 0.253 e. The van der Waals surface area contributed by atoms with Crippen LogP contribution in [0.15, 0.2) is 18.3 Å². The zero-order valence-corrected chi connectivity index (χ0v) is 12.4. The second kappa shape index (κ2) is 5.27. The predicted molar refractivity (Wildman–Crippen MR) is 74.9 cm³/mol. The molecule has 0 unspecified atom stereocenters. The van der Waals surface area contributed by atoms with Crippen molar-refractivity contribution >= 4 is 17.5 Å². The van der Waals surface area contributed by atoms with E-state index < -0.39 is 0 Å². The zero-order chi connectivity index (χ0) is 14.0. The maximum Gasteiger partial charge on any atom is 0.253 e. The summed E-state index contributed by atoms with van der Waals surface area (Å²) in [6, 6.07) is 3.30. The van der Waals surface area contributed by atoms with Crippen LogP contribution in [-0.2, 0) is 0 Å². The third-order valence-corrected chi connectivity index (χ3v) is 2.64. The molecule has 0 aliphatic rings. The average molecular weight is 269 g/mol. The van der Waals surface area contributed by atoms with Gasteiger partial charge in [0.15, 0.2) is 0 Å². The lowest BCUT2D eigenvalue weighted by atomic mass is 9.81. The van der Waals surface area contributed by atoms with Crippen LogP contribution in [0.4, 0.5) is 0 Å². The van der Waals surface area contributed by atoms with E-state index in [0.29, 0.717) is 10.7 Å². The van der Waals surface area contributed by atoms with Crippen LogP contribution in [-0.4, -0.2) is 16.4 Å². The molecule has 0 aliphatic carbocycles. The molecule has 0 saturated heterocycles. The summed E-state index contributed by atoms with van der Waals surface area (Å²) < 4.78 is 0. The fourth-order valence-electron chi connectivity index (χ4n) is 2.26. The third-order valence-electron chi connectivity index (χ3n) is 2.41. The number of nitrogens with zero attached hydrogens (tertiary/aromatic N) is 1. The van der Waals surface area contributed by atoms with Crippen LogP contribution >= 0.6 is 11.6 Å². The van der Waals surface area contributed by atoms with Crippen molar-refractivity contribution in [1.82, 2.24) is 10.3 Å². The number of rotatable bonds is 3. The summed E-state index contributed by atoms with van der Waals surface area (Å²) in [6.07, 6.45) is 2.39. The SMILES string of the molecule is CC(C)(C)CC(C)(C)NC(=O)c1ccc(Cl)nc1. The Bertz CT molecular complexity index is 418. The maximum atomic E-state index is 12.1. The molecule has 1 rings (SSSR count). The van der Waals surface area contributed by atoms with Crippen molar-refractivity contribution in [3.8, 4) is 0 Å². The Morgan fingerprint density at radius 2 is 1.89 bits per heavy atom. The Morgan fingerprint density at radius 1 is 1.28 bits per heavy atom. The van der Waals surface area contributed by atoms with Gasteiger partial charge in [0.1, 0.15) is 5.15 Å². The minimum atomic E-state index is -0.255. The first-order chi connectivity index (χ1) is 8.09. The van der Waals surface area contributed by atoms with Gasteiger partial charge in [0.05, 0.1) is 5.56 Å². The van der Waals surface area contributed by atoms with Gasteiger partial charge in [-0.15, -0.1) is 0 Å². The van der Waals surface area contributed by atoms with E-state index in [4.69, 9.17) is 11.6 Å². The largest absolute Gasteiger partial charge is 0.347 e. The van der Waals surface area contributed by atoms with Crippen LogP contribution in [0.3, 0.4) is 0 Å². The Labute approximate surface area is 114 Å². The van der Waals surface area contributed by atoms with Crippen LogP contribution in [0, 0.1) is 5.41 Å². The first-order valence-electron chi connectivity index (χ1n) is 6.03. The van der Waals surface area contributed by atoms with Crippen molar-refractivity contribution < 1.29 is 4.79 Å².